The van der Waals surface area contributed by atoms with Crippen molar-refractivity contribution in [2.45, 2.75) is 44.1 Å². The third-order valence-corrected chi connectivity index (χ3v) is 3.58. The summed E-state index contributed by atoms with van der Waals surface area (Å²) >= 11 is 0. The van der Waals surface area contributed by atoms with Gasteiger partial charge in [0.25, 0.3) is 5.91 Å². The second-order valence-electron chi connectivity index (χ2n) is 5.16. The highest BCUT2D eigenvalue weighted by Crippen LogP contribution is 2.26. The number of carbonyl (C=O) groups excluding carboxylic acids is 1. The van der Waals surface area contributed by atoms with Crippen molar-refractivity contribution < 1.29 is 14.3 Å². The highest BCUT2D eigenvalue weighted by molar-refractivity contribution is 5.93. The van der Waals surface area contributed by atoms with Crippen molar-refractivity contribution in [1.82, 2.24) is 5.32 Å². The maximum Gasteiger partial charge on any atom is 0.335 e. The van der Waals surface area contributed by atoms with Crippen molar-refractivity contribution in [3.63, 3.8) is 0 Å². The van der Waals surface area contributed by atoms with E-state index in [-0.39, 0.29) is 18.0 Å². The van der Waals surface area contributed by atoms with E-state index in [0.29, 0.717) is 0 Å². The summed E-state index contributed by atoms with van der Waals surface area (Å²) in [6, 6.07) is 2.62. The Kier molecular flexibility index (Phi) is 4.37. The lowest BCUT2D eigenvalue weighted by molar-refractivity contribution is 0.0246. The van der Waals surface area contributed by atoms with Crippen molar-refractivity contribution >= 4 is 5.91 Å². The van der Waals surface area contributed by atoms with Gasteiger partial charge < -0.3 is 14.8 Å². The summed E-state index contributed by atoms with van der Waals surface area (Å²) in [5, 5.41) is 13.1. The number of rotatable bonds is 3. The van der Waals surface area contributed by atoms with E-state index >= 15 is 0 Å². The standard InChI is InChI=1S/C14H19NO4/c16-12-6-5-11(9-19-12)13(17)15-10-14(18)7-3-1-2-4-8-14/h5-6,9,18H,1-4,7-8,10H2,(H,15,17). The number of nitrogens with one attached hydrogen (secondary N) is 1. The van der Waals surface area contributed by atoms with Crippen LogP contribution in [0.2, 0.25) is 0 Å². The zero-order chi connectivity index (χ0) is 13.7. The van der Waals surface area contributed by atoms with E-state index in [4.69, 9.17) is 0 Å². The van der Waals surface area contributed by atoms with Crippen LogP contribution in [-0.4, -0.2) is 23.2 Å². The molecular weight excluding hydrogens is 246 g/mol. The van der Waals surface area contributed by atoms with E-state index in [1.54, 1.807) is 0 Å². The van der Waals surface area contributed by atoms with Gasteiger partial charge in [-0.25, -0.2) is 4.79 Å². The Labute approximate surface area is 111 Å². The molecule has 2 rings (SSSR count). The van der Waals surface area contributed by atoms with Gasteiger partial charge in [-0.2, -0.15) is 0 Å². The number of carbonyl (C=O) groups is 1. The summed E-state index contributed by atoms with van der Waals surface area (Å²) in [6.45, 7) is 0.241. The number of amides is 1. The Balaban J connectivity index is 1.92. The summed E-state index contributed by atoms with van der Waals surface area (Å²) in [7, 11) is 0. The molecule has 104 valence electrons. The average Bonchev–Trinajstić information content (AvgIpc) is 2.62. The monoisotopic (exact) mass is 265 g/mol. The van der Waals surface area contributed by atoms with Crippen LogP contribution < -0.4 is 10.9 Å². The van der Waals surface area contributed by atoms with E-state index in [1.165, 1.54) is 12.1 Å². The minimum atomic E-state index is -0.804. The topological polar surface area (TPSA) is 79.5 Å². The molecule has 0 unspecified atom stereocenters. The molecule has 1 amide bonds. The number of aliphatic hydroxyl groups is 1. The fraction of sp³-hybridized carbons (Fsp3) is 0.571. The van der Waals surface area contributed by atoms with Gasteiger partial charge in [0.05, 0.1) is 11.2 Å². The smallest absolute Gasteiger partial charge is 0.335 e. The van der Waals surface area contributed by atoms with Crippen LogP contribution in [-0.2, 0) is 0 Å². The van der Waals surface area contributed by atoms with E-state index in [1.807, 2.05) is 0 Å². The molecule has 0 atom stereocenters. The molecule has 1 aromatic rings. The van der Waals surface area contributed by atoms with E-state index in [2.05, 4.69) is 9.73 Å². The van der Waals surface area contributed by atoms with Crippen LogP contribution in [0, 0.1) is 0 Å². The van der Waals surface area contributed by atoms with Crippen molar-refractivity contribution in [1.29, 1.82) is 0 Å². The highest BCUT2D eigenvalue weighted by Gasteiger charge is 2.28. The summed E-state index contributed by atoms with van der Waals surface area (Å²) in [4.78, 5) is 22.6. The minimum absolute atomic E-state index is 0.241. The van der Waals surface area contributed by atoms with Crippen molar-refractivity contribution in [3.05, 3.63) is 34.4 Å². The molecule has 19 heavy (non-hydrogen) atoms. The summed E-state index contributed by atoms with van der Waals surface area (Å²) in [5.41, 5.74) is -1.00. The van der Waals surface area contributed by atoms with Gasteiger partial charge in [-0.3, -0.25) is 4.79 Å². The molecule has 1 saturated carbocycles. The van der Waals surface area contributed by atoms with Gasteiger partial charge in [-0.1, -0.05) is 25.7 Å². The van der Waals surface area contributed by atoms with Gasteiger partial charge in [0, 0.05) is 12.6 Å². The molecule has 1 aliphatic rings. The van der Waals surface area contributed by atoms with Gasteiger partial charge in [0.1, 0.15) is 6.26 Å². The molecule has 0 radical (unpaired) electrons. The fourth-order valence-corrected chi connectivity index (χ4v) is 2.40. The molecule has 0 spiro atoms. The number of hydrogen-bond acceptors (Lipinski definition) is 4. The zero-order valence-electron chi connectivity index (χ0n) is 10.9. The lowest BCUT2D eigenvalue weighted by Crippen LogP contribution is -2.42. The first kappa shape index (κ1) is 13.8. The van der Waals surface area contributed by atoms with Crippen molar-refractivity contribution in [2.24, 2.45) is 0 Å². The summed E-state index contributed by atoms with van der Waals surface area (Å²) in [5.74, 6) is -0.332. The maximum absolute atomic E-state index is 11.8. The second-order valence-corrected chi connectivity index (χ2v) is 5.16. The predicted octanol–water partition coefficient (Wildman–Crippen LogP) is 1.45. The SMILES string of the molecule is O=C(NCC1(O)CCCCCC1)c1ccc(=O)oc1. The molecular formula is C14H19NO4. The second kappa shape index (κ2) is 6.02. The Bertz CT molecular complexity index is 466. The van der Waals surface area contributed by atoms with Crippen LogP contribution in [0.15, 0.2) is 27.6 Å². The average molecular weight is 265 g/mol. The third kappa shape index (κ3) is 3.92. The zero-order valence-corrected chi connectivity index (χ0v) is 10.9. The first-order valence-corrected chi connectivity index (χ1v) is 6.69. The Morgan fingerprint density at radius 3 is 2.53 bits per heavy atom. The van der Waals surface area contributed by atoms with E-state index in [9.17, 15) is 14.7 Å². The molecule has 1 fully saturated rings. The van der Waals surface area contributed by atoms with Crippen LogP contribution in [0.1, 0.15) is 48.9 Å². The Morgan fingerprint density at radius 1 is 1.26 bits per heavy atom. The summed E-state index contributed by atoms with van der Waals surface area (Å²) in [6.07, 6.45) is 6.84. The lowest BCUT2D eigenvalue weighted by Gasteiger charge is -2.26. The van der Waals surface area contributed by atoms with Gasteiger partial charge in [-0.15, -0.1) is 0 Å². The van der Waals surface area contributed by atoms with Gasteiger partial charge >= 0.3 is 5.63 Å². The highest BCUT2D eigenvalue weighted by atomic mass is 16.4. The van der Waals surface area contributed by atoms with Gasteiger partial charge in [-0.05, 0) is 18.9 Å². The third-order valence-electron chi connectivity index (χ3n) is 3.58. The van der Waals surface area contributed by atoms with Crippen LogP contribution >= 0.6 is 0 Å². The summed E-state index contributed by atoms with van der Waals surface area (Å²) < 4.78 is 4.64. The molecule has 1 heterocycles. The molecule has 5 nitrogen and oxygen atoms in total. The molecule has 0 aliphatic heterocycles. The molecule has 1 aliphatic carbocycles. The number of hydrogen-bond donors (Lipinski definition) is 2. The molecule has 5 heteroatoms. The van der Waals surface area contributed by atoms with E-state index in [0.717, 1.165) is 44.8 Å². The van der Waals surface area contributed by atoms with Crippen molar-refractivity contribution in [3.8, 4) is 0 Å². The Hall–Kier alpha value is -1.62. The normalized spacial score (nSPS) is 18.6. The first-order valence-electron chi connectivity index (χ1n) is 6.69. The van der Waals surface area contributed by atoms with Crippen LogP contribution in [0.4, 0.5) is 0 Å². The minimum Gasteiger partial charge on any atom is -0.430 e. The predicted molar refractivity (Wildman–Crippen MR) is 70.0 cm³/mol. The van der Waals surface area contributed by atoms with Crippen LogP contribution in [0.25, 0.3) is 0 Å². The fourth-order valence-electron chi connectivity index (χ4n) is 2.40. The Morgan fingerprint density at radius 2 is 1.95 bits per heavy atom. The first-order chi connectivity index (χ1) is 9.09. The molecule has 0 aromatic carbocycles. The molecule has 1 aromatic heterocycles. The lowest BCUT2D eigenvalue weighted by atomic mass is 9.94. The largest absolute Gasteiger partial charge is 0.430 e. The maximum atomic E-state index is 11.8. The molecule has 0 bridgehead atoms. The molecule has 0 saturated heterocycles. The van der Waals surface area contributed by atoms with Gasteiger partial charge in [0.2, 0.25) is 0 Å². The van der Waals surface area contributed by atoms with E-state index < -0.39 is 11.2 Å². The quantitative estimate of drug-likeness (QED) is 0.811. The molecule has 2 N–H and O–H groups in total. The van der Waals surface area contributed by atoms with Crippen molar-refractivity contribution in [2.75, 3.05) is 6.54 Å². The van der Waals surface area contributed by atoms with Gasteiger partial charge in [0.15, 0.2) is 0 Å². The van der Waals surface area contributed by atoms with Crippen LogP contribution in [0.3, 0.4) is 0 Å². The van der Waals surface area contributed by atoms with Crippen LogP contribution in [0.5, 0.6) is 0 Å².